The molecular weight excluding hydrogens is 216 g/mol. The van der Waals surface area contributed by atoms with Gasteiger partial charge in [0.1, 0.15) is 0 Å². The topological polar surface area (TPSA) is 35.9 Å². The summed E-state index contributed by atoms with van der Waals surface area (Å²) in [5, 5.41) is 9.58. The Morgan fingerprint density at radius 2 is 2.35 bits per heavy atom. The fraction of sp³-hybridized carbons (Fsp3) is 0.846. The molecule has 2 heterocycles. The number of likely N-dealkylation sites (tertiary alicyclic amines) is 1. The van der Waals surface area contributed by atoms with E-state index in [9.17, 15) is 5.11 Å². The molecule has 1 N–H and O–H groups in total. The molecule has 0 aromatic heterocycles. The maximum Gasteiger partial charge on any atom is 0.166 e. The predicted octanol–water partition coefficient (Wildman–Crippen LogP) is 0.677. The zero-order chi connectivity index (χ0) is 12.3. The molecule has 2 aliphatic rings. The van der Waals surface area contributed by atoms with Gasteiger partial charge in [-0.05, 0) is 32.9 Å². The van der Waals surface area contributed by atoms with Gasteiger partial charge in [0, 0.05) is 32.8 Å². The third kappa shape index (κ3) is 3.28. The maximum atomic E-state index is 9.58. The summed E-state index contributed by atoms with van der Waals surface area (Å²) >= 11 is 0. The van der Waals surface area contributed by atoms with Gasteiger partial charge in [0.25, 0.3) is 0 Å². The highest BCUT2D eigenvalue weighted by Gasteiger charge is 2.29. The number of likely N-dealkylation sites (N-methyl/N-ethyl adjacent to an activating group) is 1. The van der Waals surface area contributed by atoms with Crippen LogP contribution in [-0.4, -0.2) is 67.6 Å². The first-order chi connectivity index (χ1) is 8.20. The van der Waals surface area contributed by atoms with E-state index in [0.29, 0.717) is 12.6 Å². The van der Waals surface area contributed by atoms with Crippen LogP contribution in [0.2, 0.25) is 0 Å². The molecule has 0 radical (unpaired) electrons. The summed E-state index contributed by atoms with van der Waals surface area (Å²) in [4.78, 5) is 4.71. The van der Waals surface area contributed by atoms with Gasteiger partial charge in [-0.1, -0.05) is 11.6 Å². The fourth-order valence-corrected chi connectivity index (χ4v) is 2.83. The lowest BCUT2D eigenvalue weighted by Crippen LogP contribution is -2.39. The molecule has 0 aromatic carbocycles. The number of hydrogen-bond donors (Lipinski definition) is 1. The van der Waals surface area contributed by atoms with E-state index in [2.05, 4.69) is 22.9 Å². The SMILES string of the molecule is COC(O)CN1CCC[C@H]1C1=CCN(C)CC1. The van der Waals surface area contributed by atoms with E-state index in [1.807, 2.05) is 0 Å². The van der Waals surface area contributed by atoms with E-state index in [-0.39, 0.29) is 0 Å². The first-order valence-electron chi connectivity index (χ1n) is 6.53. The van der Waals surface area contributed by atoms with Crippen molar-refractivity contribution < 1.29 is 9.84 Å². The minimum Gasteiger partial charge on any atom is -0.367 e. The average Bonchev–Trinajstić information content (AvgIpc) is 2.78. The van der Waals surface area contributed by atoms with E-state index >= 15 is 0 Å². The number of β-amino-alcohol motifs (C(OH)–C–C–N with tert-alkyl or cyclic N) is 1. The summed E-state index contributed by atoms with van der Waals surface area (Å²) in [6.07, 6.45) is 5.34. The average molecular weight is 240 g/mol. The molecule has 1 saturated heterocycles. The van der Waals surface area contributed by atoms with Crippen LogP contribution >= 0.6 is 0 Å². The highest BCUT2D eigenvalue weighted by molar-refractivity contribution is 5.16. The fourth-order valence-electron chi connectivity index (χ4n) is 2.83. The second-order valence-electron chi connectivity index (χ2n) is 5.13. The van der Waals surface area contributed by atoms with Gasteiger partial charge in [0.05, 0.1) is 0 Å². The van der Waals surface area contributed by atoms with Gasteiger partial charge in [-0.3, -0.25) is 4.90 Å². The maximum absolute atomic E-state index is 9.58. The standard InChI is InChI=1S/C13H24N2O2/c1-14-8-5-11(6-9-14)12-4-3-7-15(12)10-13(16)17-2/h5,12-13,16H,3-4,6-10H2,1-2H3/t12-,13?/m0/s1. The van der Waals surface area contributed by atoms with Crippen LogP contribution in [0, 0.1) is 0 Å². The van der Waals surface area contributed by atoms with E-state index < -0.39 is 6.29 Å². The van der Waals surface area contributed by atoms with Gasteiger partial charge in [-0.15, -0.1) is 0 Å². The summed E-state index contributed by atoms with van der Waals surface area (Å²) in [5.41, 5.74) is 1.56. The van der Waals surface area contributed by atoms with Crippen LogP contribution in [0.25, 0.3) is 0 Å². The summed E-state index contributed by atoms with van der Waals surface area (Å²) < 4.78 is 4.95. The first-order valence-corrected chi connectivity index (χ1v) is 6.53. The Balaban J connectivity index is 1.95. The third-order valence-corrected chi connectivity index (χ3v) is 3.90. The van der Waals surface area contributed by atoms with Crippen LogP contribution in [0.4, 0.5) is 0 Å². The lowest BCUT2D eigenvalue weighted by molar-refractivity contribution is -0.0909. The lowest BCUT2D eigenvalue weighted by Gasteiger charge is -2.31. The van der Waals surface area contributed by atoms with Gasteiger partial charge in [-0.25, -0.2) is 0 Å². The molecule has 2 rings (SSSR count). The van der Waals surface area contributed by atoms with Crippen molar-refractivity contribution in [3.05, 3.63) is 11.6 Å². The molecule has 17 heavy (non-hydrogen) atoms. The Hall–Kier alpha value is -0.420. The number of rotatable bonds is 4. The lowest BCUT2D eigenvalue weighted by atomic mass is 9.98. The predicted molar refractivity (Wildman–Crippen MR) is 67.8 cm³/mol. The Labute approximate surface area is 104 Å². The van der Waals surface area contributed by atoms with E-state index in [1.54, 1.807) is 12.7 Å². The molecule has 1 fully saturated rings. The normalized spacial score (nSPS) is 29.4. The molecular formula is C13H24N2O2. The molecule has 0 saturated carbocycles. The van der Waals surface area contributed by atoms with Crippen LogP contribution in [-0.2, 0) is 4.74 Å². The second kappa shape index (κ2) is 5.96. The van der Waals surface area contributed by atoms with E-state index in [4.69, 9.17) is 4.74 Å². The van der Waals surface area contributed by atoms with E-state index in [0.717, 1.165) is 19.6 Å². The van der Waals surface area contributed by atoms with Crippen molar-refractivity contribution in [3.8, 4) is 0 Å². The minimum absolute atomic E-state index is 0.536. The molecule has 98 valence electrons. The van der Waals surface area contributed by atoms with Crippen molar-refractivity contribution in [1.82, 2.24) is 9.80 Å². The largest absolute Gasteiger partial charge is 0.367 e. The van der Waals surface area contributed by atoms with Crippen molar-refractivity contribution in [2.45, 2.75) is 31.6 Å². The molecule has 0 bridgehead atoms. The first kappa shape index (κ1) is 13.0. The van der Waals surface area contributed by atoms with Crippen LogP contribution in [0.1, 0.15) is 19.3 Å². The van der Waals surface area contributed by atoms with Gasteiger partial charge in [0.15, 0.2) is 6.29 Å². The molecule has 0 spiro atoms. The van der Waals surface area contributed by atoms with Gasteiger partial charge >= 0.3 is 0 Å². The third-order valence-electron chi connectivity index (χ3n) is 3.90. The summed E-state index contributed by atoms with van der Waals surface area (Å²) in [5.74, 6) is 0. The highest BCUT2D eigenvalue weighted by atomic mass is 16.6. The molecule has 0 aliphatic carbocycles. The zero-order valence-corrected chi connectivity index (χ0v) is 10.9. The second-order valence-corrected chi connectivity index (χ2v) is 5.13. The van der Waals surface area contributed by atoms with Crippen LogP contribution in [0.15, 0.2) is 11.6 Å². The van der Waals surface area contributed by atoms with Gasteiger partial charge in [-0.2, -0.15) is 0 Å². The Morgan fingerprint density at radius 3 is 3.00 bits per heavy atom. The molecule has 1 unspecified atom stereocenters. The van der Waals surface area contributed by atoms with Crippen LogP contribution in [0.5, 0.6) is 0 Å². The Kier molecular flexibility index (Phi) is 4.56. The van der Waals surface area contributed by atoms with Crippen molar-refractivity contribution in [3.63, 3.8) is 0 Å². The van der Waals surface area contributed by atoms with Crippen molar-refractivity contribution in [2.75, 3.05) is 40.3 Å². The van der Waals surface area contributed by atoms with Crippen LogP contribution in [0.3, 0.4) is 0 Å². The Morgan fingerprint density at radius 1 is 1.53 bits per heavy atom. The number of nitrogens with zero attached hydrogens (tertiary/aromatic N) is 2. The molecule has 0 aromatic rings. The highest BCUT2D eigenvalue weighted by Crippen LogP contribution is 2.27. The number of ether oxygens (including phenoxy) is 1. The smallest absolute Gasteiger partial charge is 0.166 e. The summed E-state index contributed by atoms with van der Waals surface area (Å²) in [6, 6.07) is 0.536. The number of methoxy groups -OCH3 is 1. The van der Waals surface area contributed by atoms with Crippen LogP contribution < -0.4 is 0 Å². The zero-order valence-electron chi connectivity index (χ0n) is 10.9. The monoisotopic (exact) mass is 240 g/mol. The molecule has 2 aliphatic heterocycles. The summed E-state index contributed by atoms with van der Waals surface area (Å²) in [6.45, 7) is 3.93. The van der Waals surface area contributed by atoms with Crippen molar-refractivity contribution >= 4 is 0 Å². The van der Waals surface area contributed by atoms with Gasteiger partial charge in [0.2, 0.25) is 0 Å². The molecule has 0 amide bonds. The van der Waals surface area contributed by atoms with Gasteiger partial charge < -0.3 is 14.7 Å². The number of hydrogen-bond acceptors (Lipinski definition) is 4. The van der Waals surface area contributed by atoms with Crippen molar-refractivity contribution in [2.24, 2.45) is 0 Å². The molecule has 4 heteroatoms. The summed E-state index contributed by atoms with van der Waals surface area (Å²) in [7, 11) is 3.72. The molecule has 2 atom stereocenters. The quantitative estimate of drug-likeness (QED) is 0.579. The van der Waals surface area contributed by atoms with Crippen molar-refractivity contribution in [1.29, 1.82) is 0 Å². The minimum atomic E-state index is -0.650. The Bertz CT molecular complexity index is 281. The number of aliphatic hydroxyl groups excluding tert-OH is 1. The molecule has 4 nitrogen and oxygen atoms in total. The number of aliphatic hydroxyl groups is 1. The van der Waals surface area contributed by atoms with E-state index in [1.165, 1.54) is 19.3 Å².